The van der Waals surface area contributed by atoms with Gasteiger partial charge in [0, 0.05) is 0 Å². The summed E-state index contributed by atoms with van der Waals surface area (Å²) in [5, 5.41) is 12.7. The molecule has 1 amide bonds. The largest absolute Gasteiger partial charge is 0.452 e. The highest BCUT2D eigenvalue weighted by molar-refractivity contribution is 7.18. The van der Waals surface area contributed by atoms with Crippen LogP contribution in [0.5, 0.6) is 0 Å². The van der Waals surface area contributed by atoms with E-state index in [1.807, 2.05) is 0 Å². The maximum atomic E-state index is 11.8. The zero-order valence-corrected chi connectivity index (χ0v) is 12.3. The third-order valence-electron chi connectivity index (χ3n) is 2.62. The Balaban J connectivity index is 1.88. The second kappa shape index (κ2) is 6.76. The van der Waals surface area contributed by atoms with Crippen LogP contribution in [0.1, 0.15) is 15.9 Å². The van der Waals surface area contributed by atoms with Crippen LogP contribution >= 0.6 is 11.3 Å². The zero-order chi connectivity index (χ0) is 16.1. The van der Waals surface area contributed by atoms with E-state index in [-0.39, 0.29) is 10.1 Å². The minimum Gasteiger partial charge on any atom is -0.452 e. The number of anilines is 1. The topological polar surface area (TPSA) is 111 Å². The highest BCUT2D eigenvalue weighted by Crippen LogP contribution is 2.24. The first-order chi connectivity index (χ1) is 10.5. The fourth-order valence-electron chi connectivity index (χ4n) is 1.57. The Morgan fingerprint density at radius 1 is 1.41 bits per heavy atom. The van der Waals surface area contributed by atoms with E-state index in [0.717, 1.165) is 23.1 Å². The second-order valence-corrected chi connectivity index (χ2v) is 5.21. The number of carbonyl (C=O) groups excluding carboxylic acids is 2. The fourth-order valence-corrected chi connectivity index (χ4v) is 2.22. The normalized spacial score (nSPS) is 10.0. The van der Waals surface area contributed by atoms with Gasteiger partial charge in [0.15, 0.2) is 11.7 Å². The number of nitrogens with zero attached hydrogens (tertiary/aromatic N) is 2. The van der Waals surface area contributed by atoms with Crippen molar-refractivity contribution in [3.63, 3.8) is 0 Å². The van der Waals surface area contributed by atoms with Gasteiger partial charge in [-0.1, -0.05) is 18.2 Å². The van der Waals surface area contributed by atoms with Gasteiger partial charge in [-0.15, -0.1) is 0 Å². The van der Waals surface area contributed by atoms with E-state index >= 15 is 0 Å². The Morgan fingerprint density at radius 2 is 2.14 bits per heavy atom. The summed E-state index contributed by atoms with van der Waals surface area (Å²) in [4.78, 5) is 37.0. The lowest BCUT2D eigenvalue weighted by molar-refractivity contribution is -0.380. The van der Waals surface area contributed by atoms with E-state index in [1.54, 1.807) is 31.2 Å². The summed E-state index contributed by atoms with van der Waals surface area (Å²) >= 11 is 0.720. The van der Waals surface area contributed by atoms with Crippen LogP contribution in [0, 0.1) is 17.0 Å². The third-order valence-corrected chi connectivity index (χ3v) is 3.48. The molecular formula is C13H11N3O5S. The van der Waals surface area contributed by atoms with Gasteiger partial charge in [-0.05, 0) is 29.9 Å². The number of hydrogen-bond acceptors (Lipinski definition) is 7. The monoisotopic (exact) mass is 321 g/mol. The maximum absolute atomic E-state index is 11.8. The Hall–Kier alpha value is -2.81. The minimum absolute atomic E-state index is 0.0728. The number of aromatic nitrogens is 1. The van der Waals surface area contributed by atoms with E-state index < -0.39 is 23.4 Å². The van der Waals surface area contributed by atoms with Crippen LogP contribution in [0.4, 0.5) is 10.1 Å². The molecule has 0 atom stereocenters. The van der Waals surface area contributed by atoms with Crippen LogP contribution in [0.2, 0.25) is 0 Å². The SMILES string of the molecule is Cc1ccccc1C(=O)OCC(=O)Nc1ncc([N+](=O)[O-])s1. The fraction of sp³-hybridized carbons (Fsp3) is 0.154. The lowest BCUT2D eigenvalue weighted by Crippen LogP contribution is -2.21. The van der Waals surface area contributed by atoms with E-state index in [1.165, 1.54) is 0 Å². The van der Waals surface area contributed by atoms with Crippen molar-refractivity contribution in [2.75, 3.05) is 11.9 Å². The Kier molecular flexibility index (Phi) is 4.79. The van der Waals surface area contributed by atoms with E-state index in [9.17, 15) is 19.7 Å². The predicted octanol–water partition coefficient (Wildman–Crippen LogP) is 2.16. The van der Waals surface area contributed by atoms with Crippen LogP contribution in [0.15, 0.2) is 30.5 Å². The average molecular weight is 321 g/mol. The number of hydrogen-bond donors (Lipinski definition) is 1. The van der Waals surface area contributed by atoms with Crippen LogP contribution in [-0.4, -0.2) is 28.4 Å². The summed E-state index contributed by atoms with van der Waals surface area (Å²) < 4.78 is 4.89. The molecule has 0 fully saturated rings. The number of benzene rings is 1. The molecular weight excluding hydrogens is 310 g/mol. The standard InChI is InChI=1S/C13H11N3O5S/c1-8-4-2-3-5-9(8)12(18)21-7-10(17)15-13-14-6-11(22-13)16(19)20/h2-6H,7H2,1H3,(H,14,15,17). The number of nitro groups is 1. The molecule has 2 rings (SSSR count). The molecule has 0 aliphatic rings. The molecule has 22 heavy (non-hydrogen) atoms. The third kappa shape index (κ3) is 3.85. The smallest absolute Gasteiger partial charge is 0.345 e. The summed E-state index contributed by atoms with van der Waals surface area (Å²) in [6, 6.07) is 6.83. The van der Waals surface area contributed by atoms with Crippen molar-refractivity contribution < 1.29 is 19.2 Å². The molecule has 1 aromatic carbocycles. The highest BCUT2D eigenvalue weighted by atomic mass is 32.1. The van der Waals surface area contributed by atoms with Crippen LogP contribution < -0.4 is 5.32 Å². The van der Waals surface area contributed by atoms with Gasteiger partial charge < -0.3 is 4.74 Å². The van der Waals surface area contributed by atoms with E-state index in [2.05, 4.69) is 10.3 Å². The summed E-state index contributed by atoms with van der Waals surface area (Å²) in [5.41, 5.74) is 1.11. The molecule has 114 valence electrons. The first kappa shape index (κ1) is 15.6. The van der Waals surface area contributed by atoms with Gasteiger partial charge in [-0.3, -0.25) is 20.2 Å². The first-order valence-corrected chi connectivity index (χ1v) is 6.92. The molecule has 0 aliphatic carbocycles. The van der Waals surface area contributed by atoms with Crippen molar-refractivity contribution in [1.29, 1.82) is 0 Å². The Labute approximate surface area is 128 Å². The van der Waals surface area contributed by atoms with E-state index in [0.29, 0.717) is 5.56 Å². The molecule has 1 aromatic heterocycles. The molecule has 0 saturated carbocycles. The molecule has 1 N–H and O–H groups in total. The molecule has 8 nitrogen and oxygen atoms in total. The summed E-state index contributed by atoms with van der Waals surface area (Å²) in [6.07, 6.45) is 1.04. The van der Waals surface area contributed by atoms with Crippen molar-refractivity contribution in [3.05, 3.63) is 51.7 Å². The van der Waals surface area contributed by atoms with Crippen molar-refractivity contribution in [3.8, 4) is 0 Å². The minimum atomic E-state index is -0.619. The zero-order valence-electron chi connectivity index (χ0n) is 11.4. The number of nitrogens with one attached hydrogen (secondary N) is 1. The summed E-state index contributed by atoms with van der Waals surface area (Å²) in [6.45, 7) is 1.26. The van der Waals surface area contributed by atoms with Crippen molar-refractivity contribution in [1.82, 2.24) is 4.98 Å². The molecule has 0 unspecified atom stereocenters. The maximum Gasteiger partial charge on any atom is 0.345 e. The first-order valence-electron chi connectivity index (χ1n) is 6.10. The Morgan fingerprint density at radius 3 is 2.77 bits per heavy atom. The quantitative estimate of drug-likeness (QED) is 0.513. The van der Waals surface area contributed by atoms with Gasteiger partial charge >= 0.3 is 11.0 Å². The van der Waals surface area contributed by atoms with Gasteiger partial charge in [0.25, 0.3) is 5.91 Å². The van der Waals surface area contributed by atoms with Crippen LogP contribution in [0.25, 0.3) is 0 Å². The molecule has 0 radical (unpaired) electrons. The molecule has 0 bridgehead atoms. The number of amides is 1. The molecule has 0 aliphatic heterocycles. The van der Waals surface area contributed by atoms with Gasteiger partial charge in [-0.2, -0.15) is 0 Å². The average Bonchev–Trinajstić information content (AvgIpc) is 2.94. The molecule has 1 heterocycles. The predicted molar refractivity (Wildman–Crippen MR) is 78.9 cm³/mol. The highest BCUT2D eigenvalue weighted by Gasteiger charge is 2.15. The van der Waals surface area contributed by atoms with Gasteiger partial charge in [0.05, 0.1) is 10.5 Å². The Bertz CT molecular complexity index is 728. The van der Waals surface area contributed by atoms with Gasteiger partial charge in [0.1, 0.15) is 6.20 Å². The summed E-state index contributed by atoms with van der Waals surface area (Å²) in [5.74, 6) is -1.23. The number of rotatable bonds is 5. The number of thiazole rings is 1. The summed E-state index contributed by atoms with van der Waals surface area (Å²) in [7, 11) is 0. The van der Waals surface area contributed by atoms with E-state index in [4.69, 9.17) is 4.74 Å². The van der Waals surface area contributed by atoms with Crippen molar-refractivity contribution >= 4 is 33.3 Å². The van der Waals surface area contributed by atoms with Crippen LogP contribution in [0.3, 0.4) is 0 Å². The van der Waals surface area contributed by atoms with Crippen molar-refractivity contribution in [2.24, 2.45) is 0 Å². The molecule has 9 heteroatoms. The lowest BCUT2D eigenvalue weighted by atomic mass is 10.1. The second-order valence-electron chi connectivity index (χ2n) is 4.20. The van der Waals surface area contributed by atoms with Gasteiger partial charge in [-0.25, -0.2) is 9.78 Å². The van der Waals surface area contributed by atoms with Gasteiger partial charge in [0.2, 0.25) is 0 Å². The number of carbonyl (C=O) groups is 2. The molecule has 0 saturated heterocycles. The lowest BCUT2D eigenvalue weighted by Gasteiger charge is -2.06. The number of esters is 1. The van der Waals surface area contributed by atoms with Crippen LogP contribution in [-0.2, 0) is 9.53 Å². The molecule has 2 aromatic rings. The number of aryl methyl sites for hydroxylation is 1. The molecule has 0 spiro atoms. The number of ether oxygens (including phenoxy) is 1. The van der Waals surface area contributed by atoms with Crippen molar-refractivity contribution in [2.45, 2.75) is 6.92 Å².